The summed E-state index contributed by atoms with van der Waals surface area (Å²) in [6.45, 7) is 2.05. The molecule has 0 saturated heterocycles. The monoisotopic (exact) mass is 339 g/mol. The molecule has 4 aromatic rings. The van der Waals surface area contributed by atoms with Crippen LogP contribution in [-0.4, -0.2) is 24.1 Å². The van der Waals surface area contributed by atoms with Gasteiger partial charge in [-0.2, -0.15) is 0 Å². The number of thiazole rings is 1. The van der Waals surface area contributed by atoms with Gasteiger partial charge in [0.15, 0.2) is 5.65 Å². The number of nitrogens with one attached hydrogen (secondary N) is 1. The van der Waals surface area contributed by atoms with Crippen LogP contribution in [0.15, 0.2) is 51.8 Å². The molecule has 0 fully saturated rings. The molecular weight excluding hydrogens is 326 g/mol. The maximum atomic E-state index is 13.0. The number of imidazole rings is 1. The molecule has 0 aliphatic rings. The SMILES string of the molecule is Cc1ccccc1-n1c(=O)n(Cc2nccs2)c(=O)c2[nH]cnc21. The number of aromatic nitrogens is 5. The van der Waals surface area contributed by atoms with Gasteiger partial charge in [-0.15, -0.1) is 11.3 Å². The van der Waals surface area contributed by atoms with Gasteiger partial charge in [-0.05, 0) is 18.6 Å². The van der Waals surface area contributed by atoms with Gasteiger partial charge in [0.25, 0.3) is 5.56 Å². The van der Waals surface area contributed by atoms with Crippen LogP contribution in [0.4, 0.5) is 0 Å². The van der Waals surface area contributed by atoms with E-state index in [1.54, 1.807) is 6.20 Å². The number of hydrogen-bond donors (Lipinski definition) is 1. The average Bonchev–Trinajstić information content (AvgIpc) is 3.25. The third-order valence-corrected chi connectivity index (χ3v) is 4.61. The van der Waals surface area contributed by atoms with Crippen LogP contribution in [0.2, 0.25) is 0 Å². The molecule has 0 unspecified atom stereocenters. The van der Waals surface area contributed by atoms with E-state index in [-0.39, 0.29) is 6.54 Å². The van der Waals surface area contributed by atoms with Gasteiger partial charge in [-0.25, -0.2) is 19.3 Å². The number of para-hydroxylation sites is 1. The second-order valence-electron chi connectivity index (χ2n) is 5.32. The minimum absolute atomic E-state index is 0.135. The lowest BCUT2D eigenvalue weighted by molar-refractivity contribution is 0.679. The molecule has 3 heterocycles. The highest BCUT2D eigenvalue weighted by atomic mass is 32.1. The lowest BCUT2D eigenvalue weighted by Gasteiger charge is -2.12. The van der Waals surface area contributed by atoms with Crippen LogP contribution < -0.4 is 11.2 Å². The first-order valence-corrected chi connectivity index (χ1v) is 8.18. The van der Waals surface area contributed by atoms with E-state index < -0.39 is 11.2 Å². The van der Waals surface area contributed by atoms with Gasteiger partial charge in [-0.1, -0.05) is 18.2 Å². The molecule has 0 atom stereocenters. The van der Waals surface area contributed by atoms with Gasteiger partial charge in [0.1, 0.15) is 10.5 Å². The minimum atomic E-state index is -0.427. The zero-order chi connectivity index (χ0) is 16.7. The molecule has 0 bridgehead atoms. The predicted molar refractivity (Wildman–Crippen MR) is 91.9 cm³/mol. The van der Waals surface area contributed by atoms with Gasteiger partial charge in [0.2, 0.25) is 0 Å². The van der Waals surface area contributed by atoms with Crippen molar-refractivity contribution < 1.29 is 0 Å². The molecule has 0 amide bonds. The summed E-state index contributed by atoms with van der Waals surface area (Å²) in [6.07, 6.45) is 3.08. The molecule has 0 aliphatic heterocycles. The third kappa shape index (κ3) is 2.19. The molecule has 24 heavy (non-hydrogen) atoms. The van der Waals surface area contributed by atoms with Crippen molar-refractivity contribution in [1.82, 2.24) is 24.1 Å². The van der Waals surface area contributed by atoms with Gasteiger partial charge in [0, 0.05) is 11.6 Å². The number of H-pyrrole nitrogens is 1. The Morgan fingerprint density at radius 1 is 1.21 bits per heavy atom. The molecule has 120 valence electrons. The lowest BCUT2D eigenvalue weighted by Crippen LogP contribution is -2.40. The van der Waals surface area contributed by atoms with Crippen molar-refractivity contribution in [3.05, 3.63) is 73.6 Å². The smallest absolute Gasteiger partial charge is 0.337 e. The second-order valence-corrected chi connectivity index (χ2v) is 6.30. The van der Waals surface area contributed by atoms with Crippen molar-refractivity contribution >= 4 is 22.5 Å². The first-order chi connectivity index (χ1) is 11.7. The molecule has 0 radical (unpaired) electrons. The maximum absolute atomic E-state index is 13.0. The van der Waals surface area contributed by atoms with Crippen LogP contribution in [-0.2, 0) is 6.54 Å². The summed E-state index contributed by atoms with van der Waals surface area (Å²) in [6, 6.07) is 7.50. The van der Waals surface area contributed by atoms with Crippen LogP contribution in [0.3, 0.4) is 0 Å². The zero-order valence-corrected chi connectivity index (χ0v) is 13.6. The molecular formula is C16H13N5O2S. The standard InChI is InChI=1S/C16H13N5O2S/c1-10-4-2-3-5-11(10)21-14-13(18-9-19-14)15(22)20(16(21)23)8-12-17-6-7-24-12/h2-7,9H,8H2,1H3,(H,18,19). The highest BCUT2D eigenvalue weighted by Crippen LogP contribution is 2.15. The predicted octanol–water partition coefficient (Wildman–Crippen LogP) is 1.69. The van der Waals surface area contributed by atoms with E-state index in [0.29, 0.717) is 21.9 Å². The van der Waals surface area contributed by atoms with E-state index in [1.807, 2.05) is 36.6 Å². The van der Waals surface area contributed by atoms with Gasteiger partial charge < -0.3 is 4.98 Å². The third-order valence-electron chi connectivity index (χ3n) is 3.85. The fourth-order valence-corrected chi connectivity index (χ4v) is 3.29. The van der Waals surface area contributed by atoms with E-state index >= 15 is 0 Å². The van der Waals surface area contributed by atoms with Crippen molar-refractivity contribution in [2.24, 2.45) is 0 Å². The Hall–Kier alpha value is -3.00. The number of aryl methyl sites for hydroxylation is 1. The Kier molecular flexibility index (Phi) is 3.39. The Bertz CT molecular complexity index is 1140. The molecule has 1 aromatic carbocycles. The average molecular weight is 339 g/mol. The summed E-state index contributed by atoms with van der Waals surface area (Å²) >= 11 is 1.40. The Labute approximate surface area is 139 Å². The minimum Gasteiger partial charge on any atom is -0.339 e. The van der Waals surface area contributed by atoms with Crippen LogP contribution in [0, 0.1) is 6.92 Å². The zero-order valence-electron chi connectivity index (χ0n) is 12.8. The van der Waals surface area contributed by atoms with E-state index in [9.17, 15) is 9.59 Å². The number of aromatic amines is 1. The maximum Gasteiger partial charge on any atom is 0.337 e. The van der Waals surface area contributed by atoms with Gasteiger partial charge in [0.05, 0.1) is 18.6 Å². The van der Waals surface area contributed by atoms with E-state index in [2.05, 4.69) is 15.0 Å². The molecule has 0 saturated carbocycles. The topological polar surface area (TPSA) is 85.6 Å². The second kappa shape index (κ2) is 5.57. The summed E-state index contributed by atoms with van der Waals surface area (Å²) in [7, 11) is 0. The quantitative estimate of drug-likeness (QED) is 0.615. The Balaban J connectivity index is 2.07. The first kappa shape index (κ1) is 14.6. The summed E-state index contributed by atoms with van der Waals surface area (Å²) in [5.74, 6) is 0. The molecule has 0 aliphatic carbocycles. The van der Waals surface area contributed by atoms with E-state index in [4.69, 9.17) is 0 Å². The number of hydrogen-bond acceptors (Lipinski definition) is 5. The Morgan fingerprint density at radius 2 is 2.04 bits per heavy atom. The number of rotatable bonds is 3. The fraction of sp³-hybridized carbons (Fsp3) is 0.125. The van der Waals surface area contributed by atoms with Crippen molar-refractivity contribution in [1.29, 1.82) is 0 Å². The molecule has 3 aromatic heterocycles. The van der Waals surface area contributed by atoms with Crippen molar-refractivity contribution in [2.45, 2.75) is 13.5 Å². The molecule has 1 N–H and O–H groups in total. The van der Waals surface area contributed by atoms with Crippen LogP contribution in [0.25, 0.3) is 16.9 Å². The van der Waals surface area contributed by atoms with E-state index in [0.717, 1.165) is 5.56 Å². The molecule has 0 spiro atoms. The van der Waals surface area contributed by atoms with Gasteiger partial charge in [-0.3, -0.25) is 9.36 Å². The largest absolute Gasteiger partial charge is 0.339 e. The van der Waals surface area contributed by atoms with Crippen LogP contribution >= 0.6 is 11.3 Å². The van der Waals surface area contributed by atoms with Gasteiger partial charge >= 0.3 is 5.69 Å². The van der Waals surface area contributed by atoms with Crippen molar-refractivity contribution in [2.75, 3.05) is 0 Å². The van der Waals surface area contributed by atoms with E-state index in [1.165, 1.54) is 26.8 Å². The molecule has 7 nitrogen and oxygen atoms in total. The summed E-state index contributed by atoms with van der Waals surface area (Å²) < 4.78 is 2.65. The van der Waals surface area contributed by atoms with Crippen molar-refractivity contribution in [3.63, 3.8) is 0 Å². The highest BCUT2D eigenvalue weighted by molar-refractivity contribution is 7.09. The number of benzene rings is 1. The lowest BCUT2D eigenvalue weighted by atomic mass is 10.2. The normalized spacial score (nSPS) is 11.2. The number of nitrogens with zero attached hydrogens (tertiary/aromatic N) is 4. The van der Waals surface area contributed by atoms with Crippen LogP contribution in [0.1, 0.15) is 10.6 Å². The van der Waals surface area contributed by atoms with Crippen LogP contribution in [0.5, 0.6) is 0 Å². The summed E-state index contributed by atoms with van der Waals surface area (Å²) in [4.78, 5) is 36.9. The van der Waals surface area contributed by atoms with Crippen molar-refractivity contribution in [3.8, 4) is 5.69 Å². The number of fused-ring (bicyclic) bond motifs is 1. The molecule has 8 heteroatoms. The molecule has 4 rings (SSSR count). The Morgan fingerprint density at radius 3 is 2.79 bits per heavy atom. The summed E-state index contributed by atoms with van der Waals surface area (Å²) in [5, 5.41) is 2.51. The fourth-order valence-electron chi connectivity index (χ4n) is 2.68. The summed E-state index contributed by atoms with van der Waals surface area (Å²) in [5.41, 5.74) is 1.43. The first-order valence-electron chi connectivity index (χ1n) is 7.30. The highest BCUT2D eigenvalue weighted by Gasteiger charge is 2.18.